The SMILES string of the molecule is COC(=O)/C=C(/Nc1ccc(O)c([N+](=O)[O-])c1)C(=O)OC. The molecular weight excluding hydrogens is 284 g/mol. The van der Waals surface area contributed by atoms with Crippen molar-refractivity contribution in [3.63, 3.8) is 0 Å². The molecule has 0 heterocycles. The molecule has 0 spiro atoms. The van der Waals surface area contributed by atoms with Crippen molar-refractivity contribution >= 4 is 23.3 Å². The van der Waals surface area contributed by atoms with Crippen molar-refractivity contribution in [3.8, 4) is 5.75 Å². The van der Waals surface area contributed by atoms with Crippen LogP contribution in [0, 0.1) is 10.1 Å². The van der Waals surface area contributed by atoms with Gasteiger partial charge in [0.25, 0.3) is 0 Å². The summed E-state index contributed by atoms with van der Waals surface area (Å²) >= 11 is 0. The van der Waals surface area contributed by atoms with Crippen LogP contribution in [-0.2, 0) is 19.1 Å². The van der Waals surface area contributed by atoms with Crippen LogP contribution >= 0.6 is 0 Å². The highest BCUT2D eigenvalue weighted by Crippen LogP contribution is 2.29. The van der Waals surface area contributed by atoms with Crippen molar-refractivity contribution in [2.75, 3.05) is 19.5 Å². The topological polar surface area (TPSA) is 128 Å². The zero-order chi connectivity index (χ0) is 16.0. The summed E-state index contributed by atoms with van der Waals surface area (Å²) in [6.45, 7) is 0. The Balaban J connectivity index is 3.12. The molecule has 112 valence electrons. The van der Waals surface area contributed by atoms with Gasteiger partial charge in [0.05, 0.1) is 25.2 Å². The van der Waals surface area contributed by atoms with Gasteiger partial charge in [0.15, 0.2) is 5.75 Å². The molecule has 9 nitrogen and oxygen atoms in total. The molecule has 0 saturated heterocycles. The molecule has 1 aromatic rings. The summed E-state index contributed by atoms with van der Waals surface area (Å²) in [5.41, 5.74) is -0.716. The second kappa shape index (κ2) is 6.89. The number of carbonyl (C=O) groups excluding carboxylic acids is 2. The number of aromatic hydroxyl groups is 1. The molecule has 0 aliphatic rings. The van der Waals surface area contributed by atoms with Crippen LogP contribution in [0.25, 0.3) is 0 Å². The molecule has 0 bridgehead atoms. The second-order valence-electron chi connectivity index (χ2n) is 3.66. The molecule has 0 aliphatic heterocycles. The monoisotopic (exact) mass is 296 g/mol. The summed E-state index contributed by atoms with van der Waals surface area (Å²) in [6, 6.07) is 3.37. The van der Waals surface area contributed by atoms with E-state index in [1.54, 1.807) is 0 Å². The van der Waals surface area contributed by atoms with Gasteiger partial charge in [-0.05, 0) is 12.1 Å². The molecule has 0 aromatic heterocycles. The molecular formula is C12H12N2O7. The van der Waals surface area contributed by atoms with Crippen LogP contribution in [0.2, 0.25) is 0 Å². The van der Waals surface area contributed by atoms with Crippen LogP contribution < -0.4 is 5.32 Å². The van der Waals surface area contributed by atoms with Crippen LogP contribution in [0.4, 0.5) is 11.4 Å². The van der Waals surface area contributed by atoms with E-state index in [1.807, 2.05) is 0 Å². The Morgan fingerprint density at radius 3 is 2.52 bits per heavy atom. The highest BCUT2D eigenvalue weighted by atomic mass is 16.6. The first kappa shape index (κ1) is 16.0. The standard InChI is InChI=1S/C12H12N2O7/c1-20-11(16)6-8(12(17)21-2)13-7-3-4-10(15)9(5-7)14(18)19/h3-6,13,15H,1-2H3/b8-6+. The van der Waals surface area contributed by atoms with E-state index in [0.717, 1.165) is 32.4 Å². The minimum absolute atomic E-state index is 0.111. The summed E-state index contributed by atoms with van der Waals surface area (Å²) in [7, 11) is 2.23. The van der Waals surface area contributed by atoms with Gasteiger partial charge < -0.3 is 19.9 Å². The predicted octanol–water partition coefficient (Wildman–Crippen LogP) is 0.942. The van der Waals surface area contributed by atoms with Crippen molar-refractivity contribution in [2.24, 2.45) is 0 Å². The van der Waals surface area contributed by atoms with E-state index in [1.165, 1.54) is 6.07 Å². The fourth-order valence-corrected chi connectivity index (χ4v) is 1.34. The number of phenolic OH excluding ortho intramolecular Hbond substituents is 1. The summed E-state index contributed by atoms with van der Waals surface area (Å²) < 4.78 is 8.85. The molecule has 0 radical (unpaired) electrons. The maximum atomic E-state index is 11.5. The lowest BCUT2D eigenvalue weighted by atomic mass is 10.2. The Kier molecular flexibility index (Phi) is 5.24. The maximum absolute atomic E-state index is 11.5. The quantitative estimate of drug-likeness (QED) is 0.270. The van der Waals surface area contributed by atoms with E-state index in [0.29, 0.717) is 0 Å². The van der Waals surface area contributed by atoms with Gasteiger partial charge in [-0.1, -0.05) is 0 Å². The lowest BCUT2D eigenvalue weighted by Gasteiger charge is -2.09. The first-order chi connectivity index (χ1) is 9.88. The van der Waals surface area contributed by atoms with Crippen molar-refractivity contribution in [3.05, 3.63) is 40.1 Å². The predicted molar refractivity (Wildman–Crippen MR) is 70.5 cm³/mol. The smallest absolute Gasteiger partial charge is 0.354 e. The number of nitro benzene ring substituents is 1. The number of esters is 2. The first-order valence-corrected chi connectivity index (χ1v) is 5.51. The zero-order valence-corrected chi connectivity index (χ0v) is 11.2. The van der Waals surface area contributed by atoms with Crippen molar-refractivity contribution in [1.29, 1.82) is 0 Å². The number of anilines is 1. The fourth-order valence-electron chi connectivity index (χ4n) is 1.34. The van der Waals surface area contributed by atoms with Crippen LogP contribution in [0.3, 0.4) is 0 Å². The minimum Gasteiger partial charge on any atom is -0.502 e. The third kappa shape index (κ3) is 4.20. The van der Waals surface area contributed by atoms with Gasteiger partial charge in [-0.2, -0.15) is 0 Å². The molecule has 1 rings (SSSR count). The molecule has 0 fully saturated rings. The third-order valence-corrected chi connectivity index (χ3v) is 2.32. The Morgan fingerprint density at radius 1 is 1.33 bits per heavy atom. The maximum Gasteiger partial charge on any atom is 0.354 e. The van der Waals surface area contributed by atoms with Gasteiger partial charge in [0.2, 0.25) is 0 Å². The number of nitro groups is 1. The van der Waals surface area contributed by atoms with Gasteiger partial charge >= 0.3 is 17.6 Å². The molecule has 0 amide bonds. The van der Waals surface area contributed by atoms with Gasteiger partial charge in [0, 0.05) is 11.8 Å². The highest BCUT2D eigenvalue weighted by molar-refractivity contribution is 5.98. The Hall–Kier alpha value is -3.10. The molecule has 0 atom stereocenters. The number of hydrogen-bond acceptors (Lipinski definition) is 8. The van der Waals surface area contributed by atoms with Crippen molar-refractivity contribution in [2.45, 2.75) is 0 Å². The Morgan fingerprint density at radius 2 is 2.00 bits per heavy atom. The van der Waals surface area contributed by atoms with E-state index in [2.05, 4.69) is 14.8 Å². The average molecular weight is 296 g/mol. The molecule has 21 heavy (non-hydrogen) atoms. The van der Waals surface area contributed by atoms with Gasteiger partial charge in [-0.15, -0.1) is 0 Å². The number of phenols is 1. The van der Waals surface area contributed by atoms with E-state index in [9.17, 15) is 24.8 Å². The Labute approximate surface area is 118 Å². The minimum atomic E-state index is -0.865. The number of nitrogens with one attached hydrogen (secondary N) is 1. The van der Waals surface area contributed by atoms with Crippen LogP contribution in [-0.4, -0.2) is 36.2 Å². The second-order valence-corrected chi connectivity index (χ2v) is 3.66. The fraction of sp³-hybridized carbons (Fsp3) is 0.167. The Bertz CT molecular complexity index is 610. The normalized spacial score (nSPS) is 10.7. The number of methoxy groups -OCH3 is 2. The number of rotatable bonds is 5. The van der Waals surface area contributed by atoms with Gasteiger partial charge in [-0.25, -0.2) is 9.59 Å². The van der Waals surface area contributed by atoms with Crippen LogP contribution in [0.1, 0.15) is 0 Å². The zero-order valence-electron chi connectivity index (χ0n) is 11.2. The lowest BCUT2D eigenvalue weighted by molar-refractivity contribution is -0.385. The van der Waals surface area contributed by atoms with Crippen molar-refractivity contribution < 1.29 is 29.1 Å². The third-order valence-electron chi connectivity index (χ3n) is 2.32. The number of carbonyl (C=O) groups is 2. The first-order valence-electron chi connectivity index (χ1n) is 5.51. The van der Waals surface area contributed by atoms with E-state index in [4.69, 9.17) is 0 Å². The number of benzene rings is 1. The van der Waals surface area contributed by atoms with E-state index < -0.39 is 28.3 Å². The van der Waals surface area contributed by atoms with E-state index >= 15 is 0 Å². The highest BCUT2D eigenvalue weighted by Gasteiger charge is 2.17. The molecule has 2 N–H and O–H groups in total. The summed E-state index contributed by atoms with van der Waals surface area (Å²) in [6.07, 6.45) is 0.838. The summed E-state index contributed by atoms with van der Waals surface area (Å²) in [5, 5.41) is 22.5. The van der Waals surface area contributed by atoms with Crippen LogP contribution in [0.5, 0.6) is 5.75 Å². The van der Waals surface area contributed by atoms with E-state index in [-0.39, 0.29) is 11.4 Å². The molecule has 0 saturated carbocycles. The number of nitrogens with zero attached hydrogens (tertiary/aromatic N) is 1. The summed E-state index contributed by atoms with van der Waals surface area (Å²) in [5.74, 6) is -2.20. The summed E-state index contributed by atoms with van der Waals surface area (Å²) in [4.78, 5) is 32.6. The van der Waals surface area contributed by atoms with Gasteiger partial charge in [-0.3, -0.25) is 10.1 Å². The van der Waals surface area contributed by atoms with Crippen LogP contribution in [0.15, 0.2) is 30.0 Å². The average Bonchev–Trinajstić information content (AvgIpc) is 2.46. The number of hydrogen-bond donors (Lipinski definition) is 2. The lowest BCUT2D eigenvalue weighted by Crippen LogP contribution is -2.15. The number of ether oxygens (including phenoxy) is 2. The largest absolute Gasteiger partial charge is 0.502 e. The molecule has 0 unspecified atom stereocenters. The van der Waals surface area contributed by atoms with Crippen molar-refractivity contribution in [1.82, 2.24) is 0 Å². The molecule has 9 heteroatoms. The molecule has 1 aromatic carbocycles. The molecule has 0 aliphatic carbocycles. The van der Waals surface area contributed by atoms with Gasteiger partial charge in [0.1, 0.15) is 5.70 Å².